The van der Waals surface area contributed by atoms with Crippen LogP contribution in [0.5, 0.6) is 5.75 Å². The van der Waals surface area contributed by atoms with Crippen molar-refractivity contribution >= 4 is 17.5 Å². The van der Waals surface area contributed by atoms with Crippen LogP contribution in [0.15, 0.2) is 18.2 Å². The molecule has 0 unspecified atom stereocenters. The maximum Gasteiger partial charge on any atom is 0.257 e. The summed E-state index contributed by atoms with van der Waals surface area (Å²) in [5.74, 6) is 1.59. The highest BCUT2D eigenvalue weighted by Crippen LogP contribution is 2.32. The van der Waals surface area contributed by atoms with Crippen molar-refractivity contribution in [2.75, 3.05) is 45.7 Å². The molecule has 0 radical (unpaired) electrons. The van der Waals surface area contributed by atoms with Gasteiger partial charge in [-0.1, -0.05) is 19.8 Å². The van der Waals surface area contributed by atoms with Crippen LogP contribution in [0.4, 0.5) is 5.69 Å². The summed E-state index contributed by atoms with van der Waals surface area (Å²) in [6.45, 7) is 7.44. The molecule has 2 amide bonds. The third-order valence-electron chi connectivity index (χ3n) is 7.76. The molecule has 1 aliphatic heterocycles. The van der Waals surface area contributed by atoms with Gasteiger partial charge in [0.25, 0.3) is 5.91 Å². The number of ether oxygens (including phenoxy) is 2. The summed E-state index contributed by atoms with van der Waals surface area (Å²) in [5.41, 5.74) is 1.12. The fraction of sp³-hybridized carbons (Fsp3) is 0.704. The van der Waals surface area contributed by atoms with E-state index in [1.807, 2.05) is 19.2 Å². The topological polar surface area (TPSA) is 71.1 Å². The van der Waals surface area contributed by atoms with Crippen molar-refractivity contribution < 1.29 is 19.1 Å². The molecule has 0 bridgehead atoms. The van der Waals surface area contributed by atoms with Crippen LogP contribution >= 0.6 is 0 Å². The van der Waals surface area contributed by atoms with Gasteiger partial charge in [-0.25, -0.2) is 0 Å². The van der Waals surface area contributed by atoms with E-state index in [1.165, 1.54) is 25.7 Å². The molecule has 7 nitrogen and oxygen atoms in total. The number of hydrogen-bond donors (Lipinski definition) is 1. The number of carbonyl (C=O) groups is 2. The SMILES string of the molecule is CO[C@@H]1CN(C)C(=O)c2cc(NC(=O)C3CC3)ccc2OC[C@H](C)N(CC2CCCC2)C[C@@H]1C. The summed E-state index contributed by atoms with van der Waals surface area (Å²) in [6, 6.07) is 5.63. The Morgan fingerprint density at radius 2 is 1.88 bits per heavy atom. The van der Waals surface area contributed by atoms with E-state index in [1.54, 1.807) is 18.1 Å². The highest BCUT2D eigenvalue weighted by molar-refractivity contribution is 6.00. The van der Waals surface area contributed by atoms with Crippen LogP contribution in [-0.4, -0.2) is 74.2 Å². The first-order chi connectivity index (χ1) is 16.4. The quantitative estimate of drug-likeness (QED) is 0.702. The number of benzene rings is 1. The van der Waals surface area contributed by atoms with Crippen molar-refractivity contribution in [3.63, 3.8) is 0 Å². The number of fused-ring (bicyclic) bond motifs is 1. The minimum Gasteiger partial charge on any atom is -0.491 e. The van der Waals surface area contributed by atoms with E-state index in [9.17, 15) is 9.59 Å². The molecular weight excluding hydrogens is 430 g/mol. The Morgan fingerprint density at radius 1 is 1.15 bits per heavy atom. The number of nitrogens with zero attached hydrogens (tertiary/aromatic N) is 2. The molecular formula is C27H41N3O4. The largest absolute Gasteiger partial charge is 0.491 e. The number of rotatable bonds is 5. The molecule has 3 atom stereocenters. The Hall–Kier alpha value is -2.12. The molecule has 2 saturated carbocycles. The van der Waals surface area contributed by atoms with Crippen LogP contribution in [0.25, 0.3) is 0 Å². The molecule has 1 aromatic rings. The monoisotopic (exact) mass is 471 g/mol. The molecule has 188 valence electrons. The maximum absolute atomic E-state index is 13.4. The number of nitrogens with one attached hydrogen (secondary N) is 1. The molecule has 7 heteroatoms. The molecule has 0 spiro atoms. The molecule has 34 heavy (non-hydrogen) atoms. The summed E-state index contributed by atoms with van der Waals surface area (Å²) in [7, 11) is 3.55. The first kappa shape index (κ1) is 25.0. The van der Waals surface area contributed by atoms with Crippen LogP contribution in [-0.2, 0) is 9.53 Å². The van der Waals surface area contributed by atoms with Crippen LogP contribution in [0.1, 0.15) is 62.7 Å². The van der Waals surface area contributed by atoms with Crippen LogP contribution in [0.3, 0.4) is 0 Å². The summed E-state index contributed by atoms with van der Waals surface area (Å²) in [4.78, 5) is 30.0. The van der Waals surface area contributed by atoms with Crippen molar-refractivity contribution in [1.82, 2.24) is 9.80 Å². The predicted molar refractivity (Wildman–Crippen MR) is 133 cm³/mol. The lowest BCUT2D eigenvalue weighted by Crippen LogP contribution is -2.47. The number of hydrogen-bond acceptors (Lipinski definition) is 5. The minimum atomic E-state index is -0.122. The van der Waals surface area contributed by atoms with E-state index in [-0.39, 0.29) is 35.8 Å². The highest BCUT2D eigenvalue weighted by Gasteiger charge is 2.31. The fourth-order valence-electron chi connectivity index (χ4n) is 5.30. The maximum atomic E-state index is 13.4. The van der Waals surface area contributed by atoms with Crippen molar-refractivity contribution in [2.45, 2.75) is 64.5 Å². The molecule has 1 heterocycles. The average Bonchev–Trinajstić information content (AvgIpc) is 3.56. The molecule has 0 saturated heterocycles. The average molecular weight is 472 g/mol. The van der Waals surface area contributed by atoms with Gasteiger partial charge in [0.1, 0.15) is 12.4 Å². The van der Waals surface area contributed by atoms with Crippen molar-refractivity contribution in [1.29, 1.82) is 0 Å². The summed E-state index contributed by atoms with van der Waals surface area (Å²) >= 11 is 0. The fourth-order valence-corrected chi connectivity index (χ4v) is 5.30. The van der Waals surface area contributed by atoms with Crippen LogP contribution in [0, 0.1) is 17.8 Å². The van der Waals surface area contributed by atoms with Gasteiger partial charge in [0, 0.05) is 51.4 Å². The molecule has 2 aliphatic carbocycles. The van der Waals surface area contributed by atoms with Gasteiger partial charge < -0.3 is 19.7 Å². The Labute approximate surface area is 204 Å². The van der Waals surface area contributed by atoms with E-state index in [0.29, 0.717) is 30.2 Å². The lowest BCUT2D eigenvalue weighted by atomic mass is 9.99. The minimum absolute atomic E-state index is 0.0271. The van der Waals surface area contributed by atoms with E-state index >= 15 is 0 Å². The first-order valence-electron chi connectivity index (χ1n) is 13.0. The lowest BCUT2D eigenvalue weighted by Gasteiger charge is -2.37. The zero-order valence-corrected chi connectivity index (χ0v) is 21.2. The van der Waals surface area contributed by atoms with Gasteiger partial charge in [0.15, 0.2) is 0 Å². The third-order valence-corrected chi connectivity index (χ3v) is 7.76. The Morgan fingerprint density at radius 3 is 2.56 bits per heavy atom. The van der Waals surface area contributed by atoms with Crippen molar-refractivity contribution in [2.24, 2.45) is 17.8 Å². The Balaban J connectivity index is 1.59. The van der Waals surface area contributed by atoms with Gasteiger partial charge >= 0.3 is 0 Å². The van der Waals surface area contributed by atoms with Crippen LogP contribution in [0.2, 0.25) is 0 Å². The summed E-state index contributed by atoms with van der Waals surface area (Å²) in [6.07, 6.45) is 7.09. The Bertz CT molecular complexity index is 865. The normalized spacial score (nSPS) is 27.5. The molecule has 4 rings (SSSR count). The van der Waals surface area contributed by atoms with Gasteiger partial charge in [-0.15, -0.1) is 0 Å². The molecule has 1 aromatic carbocycles. The Kier molecular flexibility index (Phi) is 8.14. The predicted octanol–water partition coefficient (Wildman–Crippen LogP) is 4.03. The van der Waals surface area contributed by atoms with E-state index in [0.717, 1.165) is 31.8 Å². The summed E-state index contributed by atoms with van der Waals surface area (Å²) < 4.78 is 12.1. The van der Waals surface area contributed by atoms with Crippen LogP contribution < -0.4 is 10.1 Å². The number of amides is 2. The molecule has 0 aromatic heterocycles. The lowest BCUT2D eigenvalue weighted by molar-refractivity contribution is -0.117. The van der Waals surface area contributed by atoms with Gasteiger partial charge in [0.2, 0.25) is 5.91 Å². The molecule has 2 fully saturated rings. The van der Waals surface area contributed by atoms with E-state index < -0.39 is 0 Å². The number of methoxy groups -OCH3 is 1. The summed E-state index contributed by atoms with van der Waals surface area (Å²) in [5, 5.41) is 2.96. The second-order valence-electron chi connectivity index (χ2n) is 10.7. The zero-order chi connectivity index (χ0) is 24.2. The molecule has 3 aliphatic rings. The standard InChI is InChI=1S/C27H41N3O4/c1-18-14-30(15-20-7-5-6-8-20)19(2)17-34-24-12-11-22(28-26(31)21-9-10-21)13-23(24)27(32)29(3)16-25(18)33-4/h11-13,18-21,25H,5-10,14-17H2,1-4H3,(H,28,31)/t18-,19-,25+/m0/s1. The van der Waals surface area contributed by atoms with Gasteiger partial charge in [0.05, 0.1) is 11.7 Å². The van der Waals surface area contributed by atoms with Crippen molar-refractivity contribution in [3.05, 3.63) is 23.8 Å². The first-order valence-corrected chi connectivity index (χ1v) is 13.0. The second kappa shape index (κ2) is 11.1. The van der Waals surface area contributed by atoms with Gasteiger partial charge in [-0.3, -0.25) is 14.5 Å². The zero-order valence-electron chi connectivity index (χ0n) is 21.2. The highest BCUT2D eigenvalue weighted by atomic mass is 16.5. The smallest absolute Gasteiger partial charge is 0.257 e. The number of carbonyl (C=O) groups excluding carboxylic acids is 2. The molecule has 1 N–H and O–H groups in total. The van der Waals surface area contributed by atoms with Crippen molar-refractivity contribution in [3.8, 4) is 5.75 Å². The number of likely N-dealkylation sites (N-methyl/N-ethyl adjacent to an activating group) is 1. The van der Waals surface area contributed by atoms with Gasteiger partial charge in [-0.05, 0) is 62.6 Å². The third kappa shape index (κ3) is 6.11. The number of anilines is 1. The second-order valence-corrected chi connectivity index (χ2v) is 10.7. The van der Waals surface area contributed by atoms with E-state index in [2.05, 4.69) is 24.1 Å². The van der Waals surface area contributed by atoms with E-state index in [4.69, 9.17) is 9.47 Å². The van der Waals surface area contributed by atoms with Gasteiger partial charge in [-0.2, -0.15) is 0 Å².